The third-order valence-corrected chi connectivity index (χ3v) is 2.03. The normalized spacial score (nSPS) is 8.55. The highest BCUT2D eigenvalue weighted by atomic mass is 79.9. The van der Waals surface area contributed by atoms with Crippen molar-refractivity contribution in [1.29, 1.82) is 0 Å². The third kappa shape index (κ3) is 2.10. The minimum atomic E-state index is 0.873. The van der Waals surface area contributed by atoms with Gasteiger partial charge in [0.15, 0.2) is 0 Å². The summed E-state index contributed by atoms with van der Waals surface area (Å²) < 4.78 is 0. The smallest absolute Gasteiger partial charge is 0.0295 e. The van der Waals surface area contributed by atoms with Gasteiger partial charge in [-0.3, -0.25) is 0 Å². The molecule has 0 aliphatic rings. The molecule has 0 atom stereocenters. The van der Waals surface area contributed by atoms with Gasteiger partial charge in [0.1, 0.15) is 0 Å². The molecule has 0 amide bonds. The van der Waals surface area contributed by atoms with Crippen LogP contribution in [0.15, 0.2) is 24.3 Å². The van der Waals surface area contributed by atoms with Gasteiger partial charge in [-0.05, 0) is 18.6 Å². The van der Waals surface area contributed by atoms with Crippen molar-refractivity contribution in [3.05, 3.63) is 35.4 Å². The predicted octanol–water partition coefficient (Wildman–Crippen LogP) is 2.95. The minimum absolute atomic E-state index is 0.873. The number of hydrogen-bond donors (Lipinski definition) is 0. The molecular formula is C10H9Br. The molecule has 0 spiro atoms. The van der Waals surface area contributed by atoms with E-state index < -0.39 is 0 Å². The Balaban J connectivity index is 3.09. The number of rotatable bonds is 1. The molecule has 0 fully saturated rings. The van der Waals surface area contributed by atoms with E-state index in [9.17, 15) is 0 Å². The molecule has 1 rings (SSSR count). The van der Waals surface area contributed by atoms with Crippen LogP contribution in [0.4, 0.5) is 0 Å². The summed E-state index contributed by atoms with van der Waals surface area (Å²) in [5.41, 5.74) is 2.37. The highest BCUT2D eigenvalue weighted by Crippen LogP contribution is 2.10. The maximum Gasteiger partial charge on any atom is 0.0295 e. The summed E-state index contributed by atoms with van der Waals surface area (Å²) in [6, 6.07) is 8.14. The van der Waals surface area contributed by atoms with Crippen molar-refractivity contribution < 1.29 is 0 Å². The van der Waals surface area contributed by atoms with E-state index in [0.29, 0.717) is 0 Å². The van der Waals surface area contributed by atoms with Crippen molar-refractivity contribution in [2.24, 2.45) is 0 Å². The van der Waals surface area contributed by atoms with E-state index in [4.69, 9.17) is 0 Å². The van der Waals surface area contributed by atoms with Crippen LogP contribution in [0.2, 0.25) is 0 Å². The van der Waals surface area contributed by atoms with Gasteiger partial charge in [0.2, 0.25) is 0 Å². The fourth-order valence-corrected chi connectivity index (χ4v) is 1.38. The second-order valence-corrected chi connectivity index (χ2v) is 2.73. The lowest BCUT2D eigenvalue weighted by Crippen LogP contribution is -1.83. The van der Waals surface area contributed by atoms with Crippen LogP contribution in [0.1, 0.15) is 18.1 Å². The number of hydrogen-bond acceptors (Lipinski definition) is 0. The van der Waals surface area contributed by atoms with E-state index in [0.717, 1.165) is 10.9 Å². The molecule has 56 valence electrons. The summed E-state index contributed by atoms with van der Waals surface area (Å²) in [6.07, 6.45) is 0. The van der Waals surface area contributed by atoms with Gasteiger partial charge in [0.25, 0.3) is 0 Å². The number of benzene rings is 1. The van der Waals surface area contributed by atoms with E-state index in [1.165, 1.54) is 5.56 Å². The molecule has 0 nitrogen and oxygen atoms in total. The maximum atomic E-state index is 3.41. The molecule has 0 aromatic heterocycles. The van der Waals surface area contributed by atoms with Crippen LogP contribution in [0.5, 0.6) is 0 Å². The lowest BCUT2D eigenvalue weighted by Gasteiger charge is -1.97. The molecule has 0 unspecified atom stereocenters. The zero-order chi connectivity index (χ0) is 8.10. The molecule has 1 aromatic carbocycles. The molecule has 0 aliphatic carbocycles. The third-order valence-electron chi connectivity index (χ3n) is 1.42. The lowest BCUT2D eigenvalue weighted by atomic mass is 10.1. The summed E-state index contributed by atoms with van der Waals surface area (Å²) in [4.78, 5) is 0. The number of halogens is 1. The van der Waals surface area contributed by atoms with Gasteiger partial charge in [-0.15, -0.1) is 5.92 Å². The van der Waals surface area contributed by atoms with Gasteiger partial charge < -0.3 is 0 Å². The predicted molar refractivity (Wildman–Crippen MR) is 51.6 cm³/mol. The highest BCUT2D eigenvalue weighted by Gasteiger charge is 1.94. The molecule has 0 saturated carbocycles. The van der Waals surface area contributed by atoms with E-state index in [-0.39, 0.29) is 0 Å². The van der Waals surface area contributed by atoms with Gasteiger partial charge >= 0.3 is 0 Å². The van der Waals surface area contributed by atoms with Gasteiger partial charge in [0.05, 0.1) is 0 Å². The topological polar surface area (TPSA) is 0 Å². The van der Waals surface area contributed by atoms with Crippen LogP contribution in [0.3, 0.4) is 0 Å². The van der Waals surface area contributed by atoms with Gasteiger partial charge in [-0.1, -0.05) is 40.0 Å². The summed E-state index contributed by atoms with van der Waals surface area (Å²) in [7, 11) is 0. The van der Waals surface area contributed by atoms with Gasteiger partial charge in [0, 0.05) is 10.9 Å². The maximum absolute atomic E-state index is 3.41. The molecule has 1 heteroatoms. The fourth-order valence-electron chi connectivity index (χ4n) is 0.893. The van der Waals surface area contributed by atoms with Crippen LogP contribution in [-0.4, -0.2) is 0 Å². The molecule has 1 aromatic rings. The Hall–Kier alpha value is -0.740. The largest absolute Gasteiger partial charge is 0.101 e. The first-order chi connectivity index (χ1) is 5.38. The Morgan fingerprint density at radius 3 is 2.73 bits per heavy atom. The monoisotopic (exact) mass is 208 g/mol. The van der Waals surface area contributed by atoms with Crippen LogP contribution in [-0.2, 0) is 5.33 Å². The summed E-state index contributed by atoms with van der Waals surface area (Å²) in [5, 5.41) is 0.873. The van der Waals surface area contributed by atoms with E-state index in [1.807, 2.05) is 25.1 Å². The second kappa shape index (κ2) is 4.20. The van der Waals surface area contributed by atoms with Crippen molar-refractivity contribution in [2.45, 2.75) is 12.3 Å². The van der Waals surface area contributed by atoms with Crippen molar-refractivity contribution >= 4 is 15.9 Å². The zero-order valence-corrected chi connectivity index (χ0v) is 7.98. The average Bonchev–Trinajstić information content (AvgIpc) is 2.06. The summed E-state index contributed by atoms with van der Waals surface area (Å²) in [5.74, 6) is 5.93. The average molecular weight is 209 g/mol. The number of alkyl halides is 1. The Morgan fingerprint density at radius 2 is 2.09 bits per heavy atom. The molecule has 0 radical (unpaired) electrons. The molecular weight excluding hydrogens is 200 g/mol. The van der Waals surface area contributed by atoms with Crippen molar-refractivity contribution in [3.8, 4) is 11.8 Å². The Labute approximate surface area is 75.8 Å². The second-order valence-electron chi connectivity index (χ2n) is 2.17. The van der Waals surface area contributed by atoms with Crippen LogP contribution in [0.25, 0.3) is 0 Å². The fraction of sp³-hybridized carbons (Fsp3) is 0.200. The van der Waals surface area contributed by atoms with Crippen LogP contribution < -0.4 is 0 Å². The molecule has 0 bridgehead atoms. The summed E-state index contributed by atoms with van der Waals surface area (Å²) >= 11 is 3.41. The Morgan fingerprint density at radius 1 is 1.36 bits per heavy atom. The Bertz CT molecular complexity index is 291. The standard InChI is InChI=1S/C10H9Br/c1-2-5-9-6-3-4-7-10(9)8-11/h3-4,6-7H,8H2,1H3. The van der Waals surface area contributed by atoms with Crippen molar-refractivity contribution in [3.63, 3.8) is 0 Å². The first-order valence-corrected chi connectivity index (χ1v) is 4.57. The molecule has 0 saturated heterocycles. The lowest BCUT2D eigenvalue weighted by molar-refractivity contribution is 1.40. The SMILES string of the molecule is CC#Cc1ccccc1CBr. The highest BCUT2D eigenvalue weighted by molar-refractivity contribution is 9.08. The summed E-state index contributed by atoms with van der Waals surface area (Å²) in [6.45, 7) is 1.85. The van der Waals surface area contributed by atoms with Gasteiger partial charge in [-0.2, -0.15) is 0 Å². The van der Waals surface area contributed by atoms with E-state index >= 15 is 0 Å². The zero-order valence-electron chi connectivity index (χ0n) is 6.39. The van der Waals surface area contributed by atoms with E-state index in [2.05, 4.69) is 33.8 Å². The first kappa shape index (κ1) is 8.36. The molecule has 0 heterocycles. The molecule has 0 aliphatic heterocycles. The first-order valence-electron chi connectivity index (χ1n) is 3.45. The van der Waals surface area contributed by atoms with Crippen molar-refractivity contribution in [2.75, 3.05) is 0 Å². The van der Waals surface area contributed by atoms with Crippen LogP contribution in [0, 0.1) is 11.8 Å². The van der Waals surface area contributed by atoms with Crippen LogP contribution >= 0.6 is 15.9 Å². The molecule has 0 N–H and O–H groups in total. The quantitative estimate of drug-likeness (QED) is 0.492. The van der Waals surface area contributed by atoms with Gasteiger partial charge in [-0.25, -0.2) is 0 Å². The Kier molecular flexibility index (Phi) is 3.19. The van der Waals surface area contributed by atoms with E-state index in [1.54, 1.807) is 0 Å². The van der Waals surface area contributed by atoms with Crippen molar-refractivity contribution in [1.82, 2.24) is 0 Å². The minimum Gasteiger partial charge on any atom is -0.101 e. The molecule has 11 heavy (non-hydrogen) atoms.